The van der Waals surface area contributed by atoms with E-state index in [1.165, 1.54) is 7.11 Å². The van der Waals surface area contributed by atoms with Crippen LogP contribution in [0.1, 0.15) is 18.5 Å². The number of fused-ring (bicyclic) bond motifs is 1. The van der Waals surface area contributed by atoms with E-state index in [0.717, 1.165) is 5.56 Å². The number of carbonyl (C=O) groups excluding carboxylic acids is 1. The van der Waals surface area contributed by atoms with E-state index in [-0.39, 0.29) is 5.91 Å². The maximum absolute atomic E-state index is 13.9. The normalized spacial score (nSPS) is 14.2. The summed E-state index contributed by atoms with van der Waals surface area (Å²) >= 11 is 0. The fraction of sp³-hybridized carbons (Fsp3) is 0.214. The SMILES string of the molecule is COc1ccccc1NC(=O)C1=C(C)Nc2nc(-c3ccncc3)nn2C1c1cc(OC)c(OC)c(OC)c1. The Labute approximate surface area is 225 Å². The van der Waals surface area contributed by atoms with Gasteiger partial charge in [0.1, 0.15) is 11.8 Å². The van der Waals surface area contributed by atoms with Gasteiger partial charge in [-0.2, -0.15) is 4.98 Å². The zero-order valence-corrected chi connectivity index (χ0v) is 22.2. The Balaban J connectivity index is 1.67. The first-order chi connectivity index (χ1) is 19.0. The number of ether oxygens (including phenoxy) is 4. The van der Waals surface area contributed by atoms with Crippen molar-refractivity contribution in [2.24, 2.45) is 0 Å². The molecule has 11 nitrogen and oxygen atoms in total. The number of allylic oxidation sites excluding steroid dienone is 1. The first-order valence-corrected chi connectivity index (χ1v) is 12.1. The Morgan fingerprint density at radius 1 is 0.923 bits per heavy atom. The third-order valence-electron chi connectivity index (χ3n) is 6.39. The molecule has 0 saturated carbocycles. The summed E-state index contributed by atoms with van der Waals surface area (Å²) in [5, 5.41) is 11.0. The topological polar surface area (TPSA) is 122 Å². The maximum Gasteiger partial charge on any atom is 0.255 e. The number of aromatic nitrogens is 4. The van der Waals surface area contributed by atoms with Crippen LogP contribution >= 0.6 is 0 Å². The molecule has 39 heavy (non-hydrogen) atoms. The zero-order chi connectivity index (χ0) is 27.5. The molecule has 0 aliphatic carbocycles. The first kappa shape index (κ1) is 25.6. The Kier molecular flexibility index (Phi) is 7.04. The maximum atomic E-state index is 13.9. The van der Waals surface area contributed by atoms with Gasteiger partial charge in [0.05, 0.1) is 39.7 Å². The van der Waals surface area contributed by atoms with E-state index in [1.807, 2.05) is 31.2 Å². The van der Waals surface area contributed by atoms with E-state index in [2.05, 4.69) is 15.6 Å². The second kappa shape index (κ2) is 10.7. The number of methoxy groups -OCH3 is 4. The van der Waals surface area contributed by atoms with Crippen LogP contribution in [0.3, 0.4) is 0 Å². The van der Waals surface area contributed by atoms with Crippen LogP contribution in [-0.2, 0) is 4.79 Å². The second-order valence-electron chi connectivity index (χ2n) is 8.62. The lowest BCUT2D eigenvalue weighted by Crippen LogP contribution is -2.31. The van der Waals surface area contributed by atoms with Crippen LogP contribution in [0.2, 0.25) is 0 Å². The highest BCUT2D eigenvalue weighted by Gasteiger charge is 2.36. The highest BCUT2D eigenvalue weighted by Crippen LogP contribution is 2.44. The predicted molar refractivity (Wildman–Crippen MR) is 145 cm³/mol. The molecular weight excluding hydrogens is 500 g/mol. The van der Waals surface area contributed by atoms with Crippen molar-refractivity contribution < 1.29 is 23.7 Å². The van der Waals surface area contributed by atoms with Crippen LogP contribution in [0.4, 0.5) is 11.6 Å². The van der Waals surface area contributed by atoms with E-state index >= 15 is 0 Å². The van der Waals surface area contributed by atoms with Crippen molar-refractivity contribution in [1.29, 1.82) is 0 Å². The molecule has 2 aromatic heterocycles. The van der Waals surface area contributed by atoms with Gasteiger partial charge >= 0.3 is 0 Å². The molecule has 0 radical (unpaired) electrons. The molecule has 200 valence electrons. The number of amides is 1. The summed E-state index contributed by atoms with van der Waals surface area (Å²) in [6.07, 6.45) is 3.35. The summed E-state index contributed by atoms with van der Waals surface area (Å²) < 4.78 is 23.9. The van der Waals surface area contributed by atoms with Crippen molar-refractivity contribution in [2.75, 3.05) is 39.1 Å². The van der Waals surface area contributed by atoms with E-state index < -0.39 is 6.04 Å². The van der Waals surface area contributed by atoms with E-state index in [0.29, 0.717) is 57.3 Å². The highest BCUT2D eigenvalue weighted by molar-refractivity contribution is 6.06. The molecule has 0 saturated heterocycles. The van der Waals surface area contributed by atoms with Gasteiger partial charge in [-0.25, -0.2) is 4.68 Å². The number of hydrogen-bond donors (Lipinski definition) is 2. The summed E-state index contributed by atoms with van der Waals surface area (Å²) in [6.45, 7) is 1.83. The summed E-state index contributed by atoms with van der Waals surface area (Å²) in [4.78, 5) is 22.7. The van der Waals surface area contributed by atoms with Crippen molar-refractivity contribution in [2.45, 2.75) is 13.0 Å². The summed E-state index contributed by atoms with van der Waals surface area (Å²) in [5.41, 5.74) is 3.05. The van der Waals surface area contributed by atoms with Crippen LogP contribution in [0, 0.1) is 0 Å². The quantitative estimate of drug-likeness (QED) is 0.345. The number of hydrogen-bond acceptors (Lipinski definition) is 9. The van der Waals surface area contributed by atoms with Crippen molar-refractivity contribution in [3.63, 3.8) is 0 Å². The van der Waals surface area contributed by atoms with Gasteiger partial charge in [0.2, 0.25) is 11.7 Å². The smallest absolute Gasteiger partial charge is 0.255 e. The number of para-hydroxylation sites is 2. The summed E-state index contributed by atoms with van der Waals surface area (Å²) in [7, 11) is 6.18. The van der Waals surface area contributed by atoms with Crippen LogP contribution < -0.4 is 29.6 Å². The fourth-order valence-electron chi connectivity index (χ4n) is 4.57. The highest BCUT2D eigenvalue weighted by atomic mass is 16.5. The molecule has 1 unspecified atom stereocenters. The van der Waals surface area contributed by atoms with E-state index in [9.17, 15) is 4.79 Å². The minimum atomic E-state index is -0.687. The van der Waals surface area contributed by atoms with Gasteiger partial charge in [-0.05, 0) is 48.9 Å². The Hall–Kier alpha value is -5.06. The average molecular weight is 529 g/mol. The lowest BCUT2D eigenvalue weighted by molar-refractivity contribution is -0.113. The molecule has 1 amide bonds. The van der Waals surface area contributed by atoms with Gasteiger partial charge in [-0.15, -0.1) is 5.10 Å². The minimum absolute atomic E-state index is 0.338. The largest absolute Gasteiger partial charge is 0.495 e. The molecule has 2 N–H and O–H groups in total. The van der Waals surface area contributed by atoms with Crippen molar-refractivity contribution in [3.8, 4) is 34.4 Å². The summed E-state index contributed by atoms with van der Waals surface area (Å²) in [6, 6.07) is 13.8. The molecule has 11 heteroatoms. The van der Waals surface area contributed by atoms with Crippen LogP contribution in [0.15, 0.2) is 72.2 Å². The fourth-order valence-corrected chi connectivity index (χ4v) is 4.57. The number of pyridine rings is 1. The molecule has 1 atom stereocenters. The number of rotatable bonds is 8. The Bertz CT molecular complexity index is 1520. The van der Waals surface area contributed by atoms with Gasteiger partial charge in [-0.1, -0.05) is 12.1 Å². The molecule has 0 fully saturated rings. The van der Waals surface area contributed by atoms with Crippen LogP contribution in [0.25, 0.3) is 11.4 Å². The standard InChI is InChI=1S/C28H28N6O5/c1-16-23(27(35)31-19-8-6-7-9-20(19)36-2)24(18-14-21(37-3)25(39-5)22(15-18)38-4)34-28(30-16)32-26(33-34)17-10-12-29-13-11-17/h6-15,24H,1-5H3,(H,31,35)(H,30,32,33). The van der Waals surface area contributed by atoms with Gasteiger partial charge < -0.3 is 29.6 Å². The number of nitrogens with one attached hydrogen (secondary N) is 2. The number of carbonyl (C=O) groups is 1. The third-order valence-corrected chi connectivity index (χ3v) is 6.39. The zero-order valence-electron chi connectivity index (χ0n) is 22.2. The van der Waals surface area contributed by atoms with Crippen LogP contribution in [0.5, 0.6) is 23.0 Å². The lowest BCUT2D eigenvalue weighted by atomic mass is 9.94. The minimum Gasteiger partial charge on any atom is -0.495 e. The van der Waals surface area contributed by atoms with Gasteiger partial charge in [-0.3, -0.25) is 9.78 Å². The van der Waals surface area contributed by atoms with Crippen molar-refractivity contribution in [1.82, 2.24) is 19.7 Å². The molecule has 0 spiro atoms. The molecule has 0 bridgehead atoms. The Morgan fingerprint density at radius 2 is 1.59 bits per heavy atom. The molecule has 1 aliphatic heterocycles. The monoisotopic (exact) mass is 528 g/mol. The Morgan fingerprint density at radius 3 is 2.23 bits per heavy atom. The molecule has 2 aromatic carbocycles. The molecule has 1 aliphatic rings. The lowest BCUT2D eigenvalue weighted by Gasteiger charge is -2.29. The number of benzene rings is 2. The van der Waals surface area contributed by atoms with Crippen molar-refractivity contribution >= 4 is 17.5 Å². The third kappa shape index (κ3) is 4.70. The number of nitrogens with zero attached hydrogens (tertiary/aromatic N) is 4. The first-order valence-electron chi connectivity index (χ1n) is 12.1. The molecular formula is C28H28N6O5. The summed E-state index contributed by atoms with van der Waals surface area (Å²) in [5.74, 6) is 2.50. The van der Waals surface area contributed by atoms with E-state index in [4.69, 9.17) is 29.0 Å². The van der Waals surface area contributed by atoms with Crippen LogP contribution in [-0.4, -0.2) is 54.1 Å². The van der Waals surface area contributed by atoms with Gasteiger partial charge in [0.25, 0.3) is 5.91 Å². The van der Waals surface area contributed by atoms with Gasteiger partial charge in [0, 0.05) is 23.7 Å². The molecule has 3 heterocycles. The average Bonchev–Trinajstić information content (AvgIpc) is 3.39. The predicted octanol–water partition coefficient (Wildman–Crippen LogP) is 4.30. The molecule has 4 aromatic rings. The second-order valence-corrected chi connectivity index (χ2v) is 8.62. The van der Waals surface area contributed by atoms with Crippen molar-refractivity contribution in [3.05, 3.63) is 77.8 Å². The molecule has 5 rings (SSSR count). The van der Waals surface area contributed by atoms with E-state index in [1.54, 1.807) is 62.7 Å². The number of anilines is 2. The van der Waals surface area contributed by atoms with Gasteiger partial charge in [0.15, 0.2) is 17.3 Å².